The van der Waals surface area contributed by atoms with E-state index in [1.54, 1.807) is 6.92 Å². The van der Waals surface area contributed by atoms with Crippen LogP contribution in [0, 0.1) is 5.82 Å². The number of carbonyl (C=O) groups excluding carboxylic acids is 1. The number of hydrogen-bond acceptors (Lipinski definition) is 2. The summed E-state index contributed by atoms with van der Waals surface area (Å²) in [5.74, 6) is -1.16. The zero-order valence-electron chi connectivity index (χ0n) is 8.56. The van der Waals surface area contributed by atoms with Crippen LogP contribution in [0.5, 0.6) is 0 Å². The molecule has 1 aromatic carbocycles. The molecule has 1 atom stereocenters. The number of amides is 1. The second-order valence-electron chi connectivity index (χ2n) is 3.36. The Bertz CT molecular complexity index is 412. The highest BCUT2D eigenvalue weighted by Gasteiger charge is 2.15. The summed E-state index contributed by atoms with van der Waals surface area (Å²) in [5, 5.41) is 2.56. The molecule has 0 aliphatic rings. The molecule has 0 saturated heterocycles. The molecule has 0 heterocycles. The Morgan fingerprint density at radius 2 is 2.12 bits per heavy atom. The van der Waals surface area contributed by atoms with E-state index in [0.29, 0.717) is 6.54 Å². The lowest BCUT2D eigenvalue weighted by Crippen LogP contribution is -2.37. The lowest BCUT2D eigenvalue weighted by atomic mass is 10.2. The van der Waals surface area contributed by atoms with Crippen LogP contribution in [-0.4, -0.2) is 18.5 Å². The van der Waals surface area contributed by atoms with Gasteiger partial charge >= 0.3 is 0 Å². The number of nitrogens with two attached hydrogens (primary N) is 1. The molecule has 1 rings (SSSR count). The van der Waals surface area contributed by atoms with Gasteiger partial charge in [0.2, 0.25) is 0 Å². The van der Waals surface area contributed by atoms with Crippen molar-refractivity contribution in [3.8, 4) is 0 Å². The minimum atomic E-state index is -0.684. The van der Waals surface area contributed by atoms with Crippen molar-refractivity contribution < 1.29 is 9.18 Å². The number of benzene rings is 1. The number of rotatable bonds is 3. The largest absolute Gasteiger partial charge is 0.348 e. The molecule has 0 radical (unpaired) electrons. The van der Waals surface area contributed by atoms with Crippen LogP contribution in [-0.2, 0) is 0 Å². The average molecular weight is 265 g/mol. The predicted octanol–water partition coefficient (Wildman–Crippen LogP) is 2.21. The Morgan fingerprint density at radius 1 is 1.50 bits per heavy atom. The van der Waals surface area contributed by atoms with E-state index >= 15 is 0 Å². The third-order valence-corrected chi connectivity index (χ3v) is 2.59. The first-order valence-electron chi connectivity index (χ1n) is 4.61. The molecule has 1 aromatic rings. The Hall–Kier alpha value is -0.840. The normalized spacial score (nSPS) is 12.3. The summed E-state index contributed by atoms with van der Waals surface area (Å²) in [7, 11) is 0. The monoisotopic (exact) mass is 264 g/mol. The number of nitrogens with one attached hydrogen (secondary N) is 1. The summed E-state index contributed by atoms with van der Waals surface area (Å²) >= 11 is 11.3. The molecule has 0 aliphatic heterocycles. The second kappa shape index (κ2) is 5.48. The van der Waals surface area contributed by atoms with E-state index in [1.807, 2.05) is 0 Å². The smallest absolute Gasteiger partial charge is 0.253 e. The van der Waals surface area contributed by atoms with Crippen molar-refractivity contribution in [2.75, 3.05) is 6.54 Å². The van der Waals surface area contributed by atoms with Gasteiger partial charge in [-0.1, -0.05) is 23.2 Å². The molecule has 3 N–H and O–H groups in total. The molecular weight excluding hydrogens is 254 g/mol. The molecule has 3 nitrogen and oxygen atoms in total. The lowest BCUT2D eigenvalue weighted by Gasteiger charge is -2.12. The maximum Gasteiger partial charge on any atom is 0.253 e. The predicted molar refractivity (Wildman–Crippen MR) is 62.4 cm³/mol. The topological polar surface area (TPSA) is 55.1 Å². The third kappa shape index (κ3) is 3.07. The van der Waals surface area contributed by atoms with Crippen LogP contribution >= 0.6 is 23.2 Å². The SMILES string of the molecule is C[C@@H](CN)NC(=O)c1cc(F)c(Cl)cc1Cl. The Kier molecular flexibility index (Phi) is 4.53. The molecule has 0 bridgehead atoms. The van der Waals surface area contributed by atoms with Gasteiger partial charge in [0, 0.05) is 12.6 Å². The van der Waals surface area contributed by atoms with Crippen molar-refractivity contribution in [3.63, 3.8) is 0 Å². The average Bonchev–Trinajstić information content (AvgIpc) is 2.23. The zero-order chi connectivity index (χ0) is 12.3. The fourth-order valence-corrected chi connectivity index (χ4v) is 1.53. The molecular formula is C10H11Cl2FN2O. The van der Waals surface area contributed by atoms with Gasteiger partial charge in [-0.15, -0.1) is 0 Å². The first-order chi connectivity index (χ1) is 7.45. The Balaban J connectivity index is 2.96. The maximum atomic E-state index is 13.1. The van der Waals surface area contributed by atoms with E-state index in [2.05, 4.69) is 5.32 Å². The highest BCUT2D eigenvalue weighted by atomic mass is 35.5. The van der Waals surface area contributed by atoms with Crippen molar-refractivity contribution in [2.45, 2.75) is 13.0 Å². The molecule has 0 fully saturated rings. The molecule has 0 spiro atoms. The van der Waals surface area contributed by atoms with Crippen LogP contribution in [0.15, 0.2) is 12.1 Å². The van der Waals surface area contributed by atoms with E-state index in [9.17, 15) is 9.18 Å². The summed E-state index contributed by atoms with van der Waals surface area (Å²) in [6.45, 7) is 2.03. The minimum Gasteiger partial charge on any atom is -0.348 e. The highest BCUT2D eigenvalue weighted by molar-refractivity contribution is 6.36. The van der Waals surface area contributed by atoms with Crippen molar-refractivity contribution in [1.82, 2.24) is 5.32 Å². The molecule has 0 saturated carbocycles. The molecule has 6 heteroatoms. The first-order valence-corrected chi connectivity index (χ1v) is 5.36. The molecule has 0 aromatic heterocycles. The fraction of sp³-hybridized carbons (Fsp3) is 0.300. The first kappa shape index (κ1) is 13.2. The third-order valence-electron chi connectivity index (χ3n) is 1.99. The maximum absolute atomic E-state index is 13.1. The van der Waals surface area contributed by atoms with Crippen LogP contribution in [0.25, 0.3) is 0 Å². The summed E-state index contributed by atoms with van der Waals surface area (Å²) in [4.78, 5) is 11.6. The minimum absolute atomic E-state index is 0.0452. The van der Waals surface area contributed by atoms with Gasteiger partial charge in [0.1, 0.15) is 5.82 Å². The van der Waals surface area contributed by atoms with Crippen molar-refractivity contribution in [2.24, 2.45) is 5.73 Å². The quantitative estimate of drug-likeness (QED) is 0.823. The molecule has 0 aliphatic carbocycles. The van der Waals surface area contributed by atoms with E-state index < -0.39 is 11.7 Å². The molecule has 88 valence electrons. The van der Waals surface area contributed by atoms with Crippen LogP contribution in [0.4, 0.5) is 4.39 Å². The second-order valence-corrected chi connectivity index (χ2v) is 4.17. The number of hydrogen-bond donors (Lipinski definition) is 2. The van der Waals surface area contributed by atoms with Crippen LogP contribution in [0.3, 0.4) is 0 Å². The van der Waals surface area contributed by atoms with Crippen LogP contribution in [0.1, 0.15) is 17.3 Å². The summed E-state index contributed by atoms with van der Waals surface area (Å²) in [6.07, 6.45) is 0. The van der Waals surface area contributed by atoms with Gasteiger partial charge in [-0.25, -0.2) is 4.39 Å². The highest BCUT2D eigenvalue weighted by Crippen LogP contribution is 2.24. The summed E-state index contributed by atoms with van der Waals surface area (Å²) < 4.78 is 13.1. The van der Waals surface area contributed by atoms with Crippen molar-refractivity contribution in [1.29, 1.82) is 0 Å². The number of carbonyl (C=O) groups is 1. The van der Waals surface area contributed by atoms with Crippen molar-refractivity contribution in [3.05, 3.63) is 33.6 Å². The Morgan fingerprint density at radius 3 is 2.69 bits per heavy atom. The number of halogens is 3. The van der Waals surface area contributed by atoms with E-state index in [-0.39, 0.29) is 21.7 Å². The summed E-state index contributed by atoms with van der Waals surface area (Å²) in [5.41, 5.74) is 5.39. The van der Waals surface area contributed by atoms with Gasteiger partial charge in [0.25, 0.3) is 5.91 Å². The van der Waals surface area contributed by atoms with Crippen molar-refractivity contribution >= 4 is 29.1 Å². The van der Waals surface area contributed by atoms with E-state index in [0.717, 1.165) is 6.07 Å². The van der Waals surface area contributed by atoms with Crippen LogP contribution < -0.4 is 11.1 Å². The van der Waals surface area contributed by atoms with Gasteiger partial charge in [-0.2, -0.15) is 0 Å². The molecule has 0 unspecified atom stereocenters. The lowest BCUT2D eigenvalue weighted by molar-refractivity contribution is 0.0941. The molecule has 1 amide bonds. The van der Waals surface area contributed by atoms with Crippen LogP contribution in [0.2, 0.25) is 10.0 Å². The fourth-order valence-electron chi connectivity index (χ4n) is 1.06. The van der Waals surface area contributed by atoms with E-state index in [4.69, 9.17) is 28.9 Å². The summed E-state index contributed by atoms with van der Waals surface area (Å²) in [6, 6.07) is 1.99. The van der Waals surface area contributed by atoms with Gasteiger partial charge in [0.15, 0.2) is 0 Å². The van der Waals surface area contributed by atoms with Gasteiger partial charge in [-0.3, -0.25) is 4.79 Å². The Labute approximate surface area is 103 Å². The van der Waals surface area contributed by atoms with Gasteiger partial charge in [-0.05, 0) is 19.1 Å². The van der Waals surface area contributed by atoms with Gasteiger partial charge in [0.05, 0.1) is 15.6 Å². The zero-order valence-corrected chi connectivity index (χ0v) is 10.1. The molecule has 16 heavy (non-hydrogen) atoms. The van der Waals surface area contributed by atoms with Gasteiger partial charge < -0.3 is 11.1 Å². The van der Waals surface area contributed by atoms with E-state index in [1.165, 1.54) is 6.07 Å². The standard InChI is InChI=1S/C10H11Cl2FN2O/c1-5(4-14)15-10(16)6-2-9(13)8(12)3-7(6)11/h2-3,5H,4,14H2,1H3,(H,15,16)/t5-/m0/s1.